The van der Waals surface area contributed by atoms with Crippen LogP contribution < -0.4 is 25.4 Å². The molecule has 46 heavy (non-hydrogen) atoms. The van der Waals surface area contributed by atoms with Crippen LogP contribution in [-0.4, -0.2) is 63.5 Å². The monoisotopic (exact) mass is 622 g/mol. The molecular weight excluding hydrogens is 584 g/mol. The summed E-state index contributed by atoms with van der Waals surface area (Å²) in [6.45, 7) is 4.04. The Morgan fingerprint density at radius 3 is 2.35 bits per heavy atom. The van der Waals surface area contributed by atoms with Crippen LogP contribution in [0.5, 0.6) is 11.5 Å². The second-order valence-corrected chi connectivity index (χ2v) is 11.3. The van der Waals surface area contributed by atoms with E-state index in [1.807, 2.05) is 59.5 Å². The highest BCUT2D eigenvalue weighted by Crippen LogP contribution is 2.34. The molecule has 238 valence electrons. The van der Waals surface area contributed by atoms with Gasteiger partial charge < -0.3 is 39.8 Å². The number of hydrogen-bond donors (Lipinski definition) is 2. The van der Waals surface area contributed by atoms with Crippen molar-refractivity contribution in [3.8, 4) is 22.6 Å². The molecule has 2 aliphatic rings. The number of hydrogen-bond acceptors (Lipinski definition) is 8. The lowest BCUT2D eigenvalue weighted by atomic mass is 10.0. The predicted molar refractivity (Wildman–Crippen MR) is 176 cm³/mol. The second kappa shape index (κ2) is 14.5. The fraction of sp³-hybridized carbons (Fsp3) is 0.278. The first-order valence-corrected chi connectivity index (χ1v) is 15.3. The van der Waals surface area contributed by atoms with Crippen LogP contribution in [0.25, 0.3) is 11.1 Å². The van der Waals surface area contributed by atoms with Gasteiger partial charge in [0.25, 0.3) is 5.91 Å². The smallest absolute Gasteiger partial charge is 0.254 e. The highest BCUT2D eigenvalue weighted by atomic mass is 16.7. The number of fused-ring (bicyclic) bond motifs is 1. The average Bonchev–Trinajstić information content (AvgIpc) is 3.57. The molecule has 3 N–H and O–H groups in total. The Labute approximate surface area is 268 Å². The van der Waals surface area contributed by atoms with Gasteiger partial charge in [0.2, 0.25) is 12.7 Å². The van der Waals surface area contributed by atoms with Gasteiger partial charge >= 0.3 is 0 Å². The van der Waals surface area contributed by atoms with Gasteiger partial charge in [0.1, 0.15) is 6.61 Å². The van der Waals surface area contributed by atoms with Crippen LogP contribution in [0, 0.1) is 0 Å². The summed E-state index contributed by atoms with van der Waals surface area (Å²) in [6.07, 6.45) is 0. The zero-order valence-corrected chi connectivity index (χ0v) is 25.9. The summed E-state index contributed by atoms with van der Waals surface area (Å²) in [7, 11) is 1.50. The number of nitrogens with zero attached hydrogens (tertiary/aromatic N) is 2. The number of carbonyl (C=O) groups is 2. The summed E-state index contributed by atoms with van der Waals surface area (Å²) < 4.78 is 21.6. The van der Waals surface area contributed by atoms with Crippen LogP contribution in [-0.2, 0) is 33.9 Å². The number of ether oxygens (including phenoxy) is 4. The highest BCUT2D eigenvalue weighted by molar-refractivity contribution is 5.97. The number of benzene rings is 4. The molecule has 0 radical (unpaired) electrons. The molecule has 1 fully saturated rings. The molecular formula is C36H38N4O6. The molecule has 10 nitrogen and oxygen atoms in total. The van der Waals surface area contributed by atoms with Crippen LogP contribution in [0.4, 0.5) is 11.4 Å². The van der Waals surface area contributed by atoms with Crippen molar-refractivity contribution in [2.45, 2.75) is 19.6 Å². The van der Waals surface area contributed by atoms with E-state index in [0.717, 1.165) is 46.6 Å². The van der Waals surface area contributed by atoms with Crippen LogP contribution in [0.2, 0.25) is 0 Å². The number of methoxy groups -OCH3 is 1. The molecule has 4 aromatic carbocycles. The molecule has 2 amide bonds. The summed E-state index contributed by atoms with van der Waals surface area (Å²) in [6, 6.07) is 27.5. The lowest BCUT2D eigenvalue weighted by molar-refractivity contribution is -0.119. The topological polar surface area (TPSA) is 116 Å². The molecule has 1 saturated heterocycles. The summed E-state index contributed by atoms with van der Waals surface area (Å²) >= 11 is 0. The molecule has 0 saturated carbocycles. The van der Waals surface area contributed by atoms with Crippen molar-refractivity contribution in [3.63, 3.8) is 0 Å². The number of carbonyl (C=O) groups excluding carboxylic acids is 2. The first-order chi connectivity index (χ1) is 22.5. The zero-order chi connectivity index (χ0) is 31.9. The van der Waals surface area contributed by atoms with E-state index in [9.17, 15) is 9.59 Å². The third kappa shape index (κ3) is 7.31. The van der Waals surface area contributed by atoms with Gasteiger partial charge in [-0.3, -0.25) is 9.59 Å². The van der Waals surface area contributed by atoms with Crippen LogP contribution in [0.15, 0.2) is 84.9 Å². The van der Waals surface area contributed by atoms with E-state index in [2.05, 4.69) is 22.3 Å². The Kier molecular flexibility index (Phi) is 9.78. The molecule has 10 heteroatoms. The SMILES string of the molecule is COCC(=O)Nc1cc(-c2cccc(CN(Cc3cccc(CN)c3)C(=O)c3ccc4c(c3)OCO4)c2)ccc1N1CCOCC1. The number of nitrogens with two attached hydrogens (primary N) is 1. The minimum Gasteiger partial charge on any atom is -0.454 e. The van der Waals surface area contributed by atoms with Gasteiger partial charge in [0, 0.05) is 45.4 Å². The normalized spacial score (nSPS) is 13.8. The van der Waals surface area contributed by atoms with E-state index >= 15 is 0 Å². The first kappa shape index (κ1) is 31.1. The Balaban J connectivity index is 1.30. The van der Waals surface area contributed by atoms with Gasteiger partial charge in [0.15, 0.2) is 11.5 Å². The van der Waals surface area contributed by atoms with Gasteiger partial charge in [-0.15, -0.1) is 0 Å². The van der Waals surface area contributed by atoms with Gasteiger partial charge in [0.05, 0.1) is 24.6 Å². The fourth-order valence-corrected chi connectivity index (χ4v) is 5.77. The summed E-state index contributed by atoms with van der Waals surface area (Å²) in [5.41, 5.74) is 12.9. The summed E-state index contributed by atoms with van der Waals surface area (Å²) in [4.78, 5) is 30.6. The quantitative estimate of drug-likeness (QED) is 0.245. The van der Waals surface area contributed by atoms with E-state index in [-0.39, 0.29) is 25.2 Å². The van der Waals surface area contributed by atoms with Crippen molar-refractivity contribution in [3.05, 3.63) is 107 Å². The molecule has 0 atom stereocenters. The number of morpholine rings is 1. The minimum atomic E-state index is -0.223. The molecule has 0 spiro atoms. The maximum absolute atomic E-state index is 14.0. The minimum absolute atomic E-state index is 0.0380. The molecule has 0 aromatic heterocycles. The van der Waals surface area contributed by atoms with Gasteiger partial charge in [-0.25, -0.2) is 0 Å². The van der Waals surface area contributed by atoms with E-state index in [1.165, 1.54) is 7.11 Å². The highest BCUT2D eigenvalue weighted by Gasteiger charge is 2.22. The van der Waals surface area contributed by atoms with Crippen molar-refractivity contribution in [2.24, 2.45) is 5.73 Å². The lowest BCUT2D eigenvalue weighted by Gasteiger charge is -2.31. The second-order valence-electron chi connectivity index (χ2n) is 11.3. The van der Waals surface area contributed by atoms with Crippen LogP contribution in [0.3, 0.4) is 0 Å². The van der Waals surface area contributed by atoms with Crippen LogP contribution in [0.1, 0.15) is 27.0 Å². The van der Waals surface area contributed by atoms with Crippen molar-refractivity contribution >= 4 is 23.2 Å². The van der Waals surface area contributed by atoms with E-state index in [4.69, 9.17) is 24.7 Å². The Morgan fingerprint density at radius 2 is 1.57 bits per heavy atom. The largest absolute Gasteiger partial charge is 0.454 e. The van der Waals surface area contributed by atoms with Crippen molar-refractivity contribution in [1.29, 1.82) is 0 Å². The van der Waals surface area contributed by atoms with E-state index in [0.29, 0.717) is 55.6 Å². The molecule has 0 aliphatic carbocycles. The number of nitrogens with one attached hydrogen (secondary N) is 1. The Morgan fingerprint density at radius 1 is 0.848 bits per heavy atom. The third-order valence-corrected chi connectivity index (χ3v) is 8.04. The summed E-state index contributed by atoms with van der Waals surface area (Å²) in [5.74, 6) is 0.842. The standard InChI is InChI=1S/C36H38N4O6/c1-43-23-35(41)38-31-18-29(8-10-32(31)39-12-14-44-15-13-39)28-7-3-6-27(17-28)22-40(21-26-5-2-4-25(16-26)20-37)36(42)30-9-11-33-34(19-30)46-24-45-33/h2-11,16-19H,12-15,20-24,37H2,1H3,(H,38,41). The third-order valence-electron chi connectivity index (χ3n) is 8.04. The van der Waals surface area contributed by atoms with Crippen molar-refractivity contribution in [1.82, 2.24) is 4.90 Å². The van der Waals surface area contributed by atoms with Crippen molar-refractivity contribution < 1.29 is 28.5 Å². The molecule has 2 aliphatic heterocycles. The first-order valence-electron chi connectivity index (χ1n) is 15.3. The molecule has 2 heterocycles. The van der Waals surface area contributed by atoms with Gasteiger partial charge in [-0.05, 0) is 64.2 Å². The molecule has 6 rings (SSSR count). The van der Waals surface area contributed by atoms with E-state index < -0.39 is 0 Å². The maximum atomic E-state index is 14.0. The van der Waals surface area contributed by atoms with Crippen LogP contribution >= 0.6 is 0 Å². The van der Waals surface area contributed by atoms with Gasteiger partial charge in [-0.2, -0.15) is 0 Å². The van der Waals surface area contributed by atoms with Gasteiger partial charge in [-0.1, -0.05) is 48.5 Å². The zero-order valence-electron chi connectivity index (χ0n) is 25.9. The average molecular weight is 623 g/mol. The molecule has 4 aromatic rings. The van der Waals surface area contributed by atoms with Crippen molar-refractivity contribution in [2.75, 3.05) is 57.0 Å². The summed E-state index contributed by atoms with van der Waals surface area (Å²) in [5, 5.41) is 3.03. The lowest BCUT2D eigenvalue weighted by Crippen LogP contribution is -2.36. The number of rotatable bonds is 11. The molecule has 0 unspecified atom stereocenters. The molecule has 0 bridgehead atoms. The Bertz CT molecular complexity index is 1700. The van der Waals surface area contributed by atoms with E-state index in [1.54, 1.807) is 18.2 Å². The maximum Gasteiger partial charge on any atom is 0.254 e. The number of amides is 2. The Hall–Kier alpha value is -4.90. The fourth-order valence-electron chi connectivity index (χ4n) is 5.77. The number of anilines is 2. The predicted octanol–water partition coefficient (Wildman–Crippen LogP) is 4.81.